The molecule has 0 amide bonds. The number of piperidine rings is 1. The average molecular weight is 260 g/mol. The second kappa shape index (κ2) is 4.86. The molecule has 1 atom stereocenters. The highest BCUT2D eigenvalue weighted by molar-refractivity contribution is 7.88. The molecule has 1 aliphatic carbocycles. The number of nitrogens with zero attached hydrogens (tertiary/aromatic N) is 1. The number of hydrogen-bond donors (Lipinski definition) is 1. The lowest BCUT2D eigenvalue weighted by molar-refractivity contribution is 0.221. The molecular formula is C12H24N2O2S. The summed E-state index contributed by atoms with van der Waals surface area (Å²) in [4.78, 5) is 0. The van der Waals surface area contributed by atoms with Crippen LogP contribution in [-0.4, -0.2) is 45.7 Å². The standard InChI is InChI=1S/C12H24N2O2S/c1-13-10-12(5-6-12)8-11-4-3-7-14(9-11)17(2,15)16/h11,13H,3-10H2,1-2H3. The summed E-state index contributed by atoms with van der Waals surface area (Å²) in [6.07, 6.45) is 7.35. The first-order chi connectivity index (χ1) is 7.95. The zero-order valence-corrected chi connectivity index (χ0v) is 11.7. The van der Waals surface area contributed by atoms with Gasteiger partial charge in [0.25, 0.3) is 0 Å². The molecule has 2 aliphatic rings. The Labute approximate surface area is 105 Å². The molecule has 1 saturated carbocycles. The van der Waals surface area contributed by atoms with Crippen LogP contribution in [0.2, 0.25) is 0 Å². The van der Waals surface area contributed by atoms with Crippen molar-refractivity contribution in [3.8, 4) is 0 Å². The number of nitrogens with one attached hydrogen (secondary N) is 1. The third kappa shape index (κ3) is 3.42. The van der Waals surface area contributed by atoms with Gasteiger partial charge in [0.1, 0.15) is 0 Å². The van der Waals surface area contributed by atoms with Crippen molar-refractivity contribution >= 4 is 10.0 Å². The van der Waals surface area contributed by atoms with Crippen molar-refractivity contribution in [2.45, 2.75) is 32.1 Å². The van der Waals surface area contributed by atoms with Crippen LogP contribution < -0.4 is 5.32 Å². The minimum absolute atomic E-state index is 0.486. The molecule has 1 aliphatic heterocycles. The summed E-state index contributed by atoms with van der Waals surface area (Å²) in [6, 6.07) is 0. The van der Waals surface area contributed by atoms with E-state index in [2.05, 4.69) is 5.32 Å². The molecule has 17 heavy (non-hydrogen) atoms. The minimum Gasteiger partial charge on any atom is -0.319 e. The Bertz CT molecular complexity index is 363. The number of hydrogen-bond acceptors (Lipinski definition) is 3. The molecule has 1 unspecified atom stereocenters. The Hall–Kier alpha value is -0.130. The first-order valence-electron chi connectivity index (χ1n) is 6.55. The Morgan fingerprint density at radius 3 is 2.65 bits per heavy atom. The molecular weight excluding hydrogens is 236 g/mol. The summed E-state index contributed by atoms with van der Waals surface area (Å²) in [7, 11) is -0.985. The van der Waals surface area contributed by atoms with E-state index >= 15 is 0 Å². The van der Waals surface area contributed by atoms with Gasteiger partial charge in [0.15, 0.2) is 0 Å². The van der Waals surface area contributed by atoms with Crippen LogP contribution in [0.5, 0.6) is 0 Å². The van der Waals surface area contributed by atoms with E-state index in [-0.39, 0.29) is 0 Å². The lowest BCUT2D eigenvalue weighted by Gasteiger charge is -2.33. The van der Waals surface area contributed by atoms with E-state index in [4.69, 9.17) is 0 Å². The van der Waals surface area contributed by atoms with Gasteiger partial charge in [-0.1, -0.05) is 0 Å². The van der Waals surface area contributed by atoms with E-state index in [1.54, 1.807) is 4.31 Å². The van der Waals surface area contributed by atoms with Gasteiger partial charge in [-0.25, -0.2) is 12.7 Å². The highest BCUT2D eigenvalue weighted by Crippen LogP contribution is 2.51. The van der Waals surface area contributed by atoms with Crippen LogP contribution >= 0.6 is 0 Å². The molecule has 1 saturated heterocycles. The van der Waals surface area contributed by atoms with Gasteiger partial charge in [0, 0.05) is 19.6 Å². The molecule has 100 valence electrons. The second-order valence-electron chi connectivity index (χ2n) is 5.86. The molecule has 4 nitrogen and oxygen atoms in total. The number of sulfonamides is 1. The first-order valence-corrected chi connectivity index (χ1v) is 8.40. The first kappa shape index (κ1) is 13.3. The molecule has 0 aromatic rings. The van der Waals surface area contributed by atoms with Gasteiger partial charge in [0.2, 0.25) is 10.0 Å². The summed E-state index contributed by atoms with van der Waals surface area (Å²) < 4.78 is 24.8. The zero-order valence-electron chi connectivity index (χ0n) is 10.9. The maximum absolute atomic E-state index is 11.6. The third-order valence-electron chi connectivity index (χ3n) is 4.18. The van der Waals surface area contributed by atoms with E-state index < -0.39 is 10.0 Å². The molecule has 5 heteroatoms. The molecule has 0 spiro atoms. The van der Waals surface area contributed by atoms with E-state index in [1.807, 2.05) is 7.05 Å². The van der Waals surface area contributed by atoms with Crippen LogP contribution in [0.25, 0.3) is 0 Å². The molecule has 0 radical (unpaired) electrons. The molecule has 0 aromatic carbocycles. The van der Waals surface area contributed by atoms with E-state index in [9.17, 15) is 8.42 Å². The third-order valence-corrected chi connectivity index (χ3v) is 5.45. The van der Waals surface area contributed by atoms with Gasteiger partial charge < -0.3 is 5.32 Å². The largest absolute Gasteiger partial charge is 0.319 e. The van der Waals surface area contributed by atoms with Crippen molar-refractivity contribution < 1.29 is 8.42 Å². The van der Waals surface area contributed by atoms with Crippen molar-refractivity contribution in [3.63, 3.8) is 0 Å². The van der Waals surface area contributed by atoms with E-state index in [0.717, 1.165) is 19.5 Å². The Morgan fingerprint density at radius 1 is 1.41 bits per heavy atom. The summed E-state index contributed by atoms with van der Waals surface area (Å²) in [6.45, 7) is 2.54. The average Bonchev–Trinajstić information content (AvgIpc) is 2.97. The van der Waals surface area contributed by atoms with Crippen molar-refractivity contribution in [2.75, 3.05) is 32.9 Å². The fourth-order valence-corrected chi connectivity index (χ4v) is 4.05. The van der Waals surface area contributed by atoms with Crippen molar-refractivity contribution in [1.29, 1.82) is 0 Å². The minimum atomic E-state index is -2.99. The molecule has 1 N–H and O–H groups in total. The quantitative estimate of drug-likeness (QED) is 0.804. The van der Waals surface area contributed by atoms with Gasteiger partial charge in [0.05, 0.1) is 6.26 Å². The summed E-state index contributed by atoms with van der Waals surface area (Å²) >= 11 is 0. The Kier molecular flexibility index (Phi) is 3.80. The maximum atomic E-state index is 11.6. The van der Waals surface area contributed by atoms with Crippen molar-refractivity contribution in [1.82, 2.24) is 9.62 Å². The van der Waals surface area contributed by atoms with Crippen LogP contribution in [0.3, 0.4) is 0 Å². The number of rotatable bonds is 5. The van der Waals surface area contributed by atoms with E-state index in [1.165, 1.54) is 31.9 Å². The maximum Gasteiger partial charge on any atom is 0.211 e. The van der Waals surface area contributed by atoms with Gasteiger partial charge in [-0.15, -0.1) is 0 Å². The van der Waals surface area contributed by atoms with Crippen LogP contribution in [0.4, 0.5) is 0 Å². The predicted octanol–water partition coefficient (Wildman–Crippen LogP) is 1.05. The second-order valence-corrected chi connectivity index (χ2v) is 7.85. The SMILES string of the molecule is CNCC1(CC2CCCN(S(C)(=O)=O)C2)CC1. The predicted molar refractivity (Wildman–Crippen MR) is 69.4 cm³/mol. The topological polar surface area (TPSA) is 49.4 Å². The smallest absolute Gasteiger partial charge is 0.211 e. The lowest BCUT2D eigenvalue weighted by Crippen LogP contribution is -2.40. The van der Waals surface area contributed by atoms with Crippen LogP contribution in [0.1, 0.15) is 32.1 Å². The van der Waals surface area contributed by atoms with Crippen molar-refractivity contribution in [2.24, 2.45) is 11.3 Å². The fourth-order valence-electron chi connectivity index (χ4n) is 3.11. The van der Waals surface area contributed by atoms with Crippen LogP contribution in [0.15, 0.2) is 0 Å². The van der Waals surface area contributed by atoms with Gasteiger partial charge in [-0.3, -0.25) is 0 Å². The Morgan fingerprint density at radius 2 is 2.12 bits per heavy atom. The van der Waals surface area contributed by atoms with Crippen LogP contribution in [-0.2, 0) is 10.0 Å². The van der Waals surface area contributed by atoms with Crippen LogP contribution in [0, 0.1) is 11.3 Å². The van der Waals surface area contributed by atoms with Gasteiger partial charge in [-0.05, 0) is 50.5 Å². The molecule has 0 bridgehead atoms. The molecule has 0 aromatic heterocycles. The normalized spacial score (nSPS) is 29.2. The molecule has 2 fully saturated rings. The van der Waals surface area contributed by atoms with E-state index in [0.29, 0.717) is 17.9 Å². The zero-order chi connectivity index (χ0) is 12.5. The molecule has 1 heterocycles. The monoisotopic (exact) mass is 260 g/mol. The summed E-state index contributed by atoms with van der Waals surface area (Å²) in [5, 5.41) is 3.27. The van der Waals surface area contributed by atoms with Crippen molar-refractivity contribution in [3.05, 3.63) is 0 Å². The van der Waals surface area contributed by atoms with Gasteiger partial charge >= 0.3 is 0 Å². The highest BCUT2D eigenvalue weighted by atomic mass is 32.2. The highest BCUT2D eigenvalue weighted by Gasteiger charge is 2.44. The Balaban J connectivity index is 1.90. The summed E-state index contributed by atoms with van der Waals surface area (Å²) in [5.74, 6) is 0.564. The molecule has 2 rings (SSSR count). The summed E-state index contributed by atoms with van der Waals surface area (Å²) in [5.41, 5.74) is 0.486. The lowest BCUT2D eigenvalue weighted by atomic mass is 9.87. The van der Waals surface area contributed by atoms with Gasteiger partial charge in [-0.2, -0.15) is 0 Å². The fraction of sp³-hybridized carbons (Fsp3) is 1.00.